The van der Waals surface area contributed by atoms with E-state index in [4.69, 9.17) is 5.84 Å². The van der Waals surface area contributed by atoms with Gasteiger partial charge >= 0.3 is 5.97 Å². The molecule has 0 rings (SSSR count). The van der Waals surface area contributed by atoms with Crippen LogP contribution < -0.4 is 10.7 Å². The van der Waals surface area contributed by atoms with Crippen LogP contribution in [0.1, 0.15) is 20.3 Å². The third kappa shape index (κ3) is 3.29. The monoisotopic (exact) mass is 210 g/mol. The van der Waals surface area contributed by atoms with Gasteiger partial charge in [-0.1, -0.05) is 6.92 Å². The van der Waals surface area contributed by atoms with Crippen LogP contribution in [0.15, 0.2) is 0 Å². The Hall–Kier alpha value is -0.660. The second kappa shape index (κ2) is 5.15. The Labute approximate surface area is 77.5 Å². The molecule has 1 atom stereocenters. The molecule has 1 unspecified atom stereocenters. The molecule has 0 amide bonds. The van der Waals surface area contributed by atoms with Crippen molar-refractivity contribution in [1.29, 1.82) is 0 Å². The van der Waals surface area contributed by atoms with E-state index in [1.165, 1.54) is 0 Å². The minimum absolute atomic E-state index is 0.130. The van der Waals surface area contributed by atoms with Crippen LogP contribution in [0, 0.1) is 0 Å². The van der Waals surface area contributed by atoms with E-state index in [0.717, 1.165) is 0 Å². The van der Waals surface area contributed by atoms with E-state index < -0.39 is 21.2 Å². The molecule has 0 saturated heterocycles. The Morgan fingerprint density at radius 1 is 1.54 bits per heavy atom. The van der Waals surface area contributed by atoms with Gasteiger partial charge in [-0.25, -0.2) is 8.42 Å². The third-order valence-corrected chi connectivity index (χ3v) is 3.06. The molecule has 0 saturated carbocycles. The zero-order valence-corrected chi connectivity index (χ0v) is 8.43. The average molecular weight is 210 g/mol. The lowest BCUT2D eigenvalue weighted by Gasteiger charge is -2.12. The molecule has 0 radical (unpaired) electrons. The minimum atomic E-state index is -3.78. The second-order valence-corrected chi connectivity index (χ2v) is 4.21. The van der Waals surface area contributed by atoms with E-state index >= 15 is 0 Å². The highest BCUT2D eigenvalue weighted by molar-refractivity contribution is 7.90. The molecule has 0 aromatic carbocycles. The van der Waals surface area contributed by atoms with E-state index in [0.29, 0.717) is 0 Å². The molecular weight excluding hydrogens is 196 g/mol. The van der Waals surface area contributed by atoms with Gasteiger partial charge < -0.3 is 4.74 Å². The fourth-order valence-corrected chi connectivity index (χ4v) is 1.75. The van der Waals surface area contributed by atoms with Crippen LogP contribution >= 0.6 is 0 Å². The Kier molecular flexibility index (Phi) is 4.89. The summed E-state index contributed by atoms with van der Waals surface area (Å²) in [6.07, 6.45) is 0.130. The van der Waals surface area contributed by atoms with Crippen molar-refractivity contribution in [3.63, 3.8) is 0 Å². The number of ether oxygens (including phenoxy) is 1. The van der Waals surface area contributed by atoms with Gasteiger partial charge in [-0.2, -0.15) is 4.83 Å². The maximum absolute atomic E-state index is 11.1. The predicted molar refractivity (Wildman–Crippen MR) is 47.0 cm³/mol. The molecule has 0 bridgehead atoms. The second-order valence-electron chi connectivity index (χ2n) is 2.31. The number of carbonyl (C=O) groups excluding carboxylic acids is 1. The van der Waals surface area contributed by atoms with Crippen LogP contribution in [0.2, 0.25) is 0 Å². The first-order chi connectivity index (χ1) is 5.99. The third-order valence-electron chi connectivity index (χ3n) is 1.46. The lowest BCUT2D eigenvalue weighted by molar-refractivity contribution is -0.142. The number of esters is 1. The number of sulfonamides is 1. The number of nitrogens with one attached hydrogen (secondary N) is 1. The van der Waals surface area contributed by atoms with Crippen molar-refractivity contribution in [2.45, 2.75) is 25.5 Å². The van der Waals surface area contributed by atoms with Gasteiger partial charge in [0.25, 0.3) is 0 Å². The topological polar surface area (TPSA) is 98.5 Å². The summed E-state index contributed by atoms with van der Waals surface area (Å²) >= 11 is 0. The van der Waals surface area contributed by atoms with Crippen LogP contribution in [0.5, 0.6) is 0 Å². The van der Waals surface area contributed by atoms with Crippen molar-refractivity contribution in [3.05, 3.63) is 0 Å². The summed E-state index contributed by atoms with van der Waals surface area (Å²) < 4.78 is 26.8. The molecule has 78 valence electrons. The first-order valence-electron chi connectivity index (χ1n) is 3.87. The molecule has 6 nitrogen and oxygen atoms in total. The summed E-state index contributed by atoms with van der Waals surface area (Å²) in [4.78, 5) is 12.7. The zero-order valence-electron chi connectivity index (χ0n) is 7.61. The standard InChI is InChI=1S/C6H14N2O4S/c1-3-5(6(9)12-4-2)13(10,11)8-7/h5,8H,3-4,7H2,1-2H3. The zero-order chi connectivity index (χ0) is 10.5. The molecule has 0 spiro atoms. The van der Waals surface area contributed by atoms with E-state index in [1.807, 2.05) is 0 Å². The molecule has 3 N–H and O–H groups in total. The lowest BCUT2D eigenvalue weighted by Crippen LogP contribution is -2.43. The SMILES string of the molecule is CCOC(=O)C(CC)S(=O)(=O)NN. The Morgan fingerprint density at radius 3 is 2.38 bits per heavy atom. The molecule has 0 aromatic rings. The van der Waals surface area contributed by atoms with Crippen molar-refractivity contribution in [3.8, 4) is 0 Å². The van der Waals surface area contributed by atoms with Crippen molar-refractivity contribution < 1.29 is 17.9 Å². The Bertz CT molecular complexity index is 262. The van der Waals surface area contributed by atoms with Gasteiger partial charge in [0, 0.05) is 0 Å². The summed E-state index contributed by atoms with van der Waals surface area (Å²) in [5.74, 6) is 4.00. The number of hydrogen-bond acceptors (Lipinski definition) is 5. The molecule has 0 aliphatic carbocycles. The molecule has 0 aliphatic heterocycles. The highest BCUT2D eigenvalue weighted by Gasteiger charge is 2.31. The van der Waals surface area contributed by atoms with E-state index in [1.54, 1.807) is 18.7 Å². The Balaban J connectivity index is 4.61. The van der Waals surface area contributed by atoms with E-state index in [9.17, 15) is 13.2 Å². The van der Waals surface area contributed by atoms with Crippen LogP contribution in [-0.4, -0.2) is 26.2 Å². The number of hydrogen-bond donors (Lipinski definition) is 2. The average Bonchev–Trinajstić information content (AvgIpc) is 2.05. The van der Waals surface area contributed by atoms with E-state index in [-0.39, 0.29) is 13.0 Å². The van der Waals surface area contributed by atoms with Crippen LogP contribution in [0.3, 0.4) is 0 Å². The van der Waals surface area contributed by atoms with Gasteiger partial charge in [0.15, 0.2) is 5.25 Å². The molecule has 0 fully saturated rings. The summed E-state index contributed by atoms with van der Waals surface area (Å²) in [5.41, 5.74) is 0. The van der Waals surface area contributed by atoms with Crippen molar-refractivity contribution >= 4 is 16.0 Å². The van der Waals surface area contributed by atoms with E-state index in [2.05, 4.69) is 4.74 Å². The van der Waals surface area contributed by atoms with Gasteiger partial charge in [0.05, 0.1) is 6.61 Å². The van der Waals surface area contributed by atoms with Crippen LogP contribution in [0.4, 0.5) is 0 Å². The summed E-state index contributed by atoms with van der Waals surface area (Å²) in [5, 5.41) is -1.22. The van der Waals surface area contributed by atoms with Crippen LogP contribution in [-0.2, 0) is 19.6 Å². The van der Waals surface area contributed by atoms with Gasteiger partial charge in [0.2, 0.25) is 10.0 Å². The number of carbonyl (C=O) groups is 1. The molecular formula is C6H14N2O4S. The van der Waals surface area contributed by atoms with Gasteiger partial charge in [0.1, 0.15) is 0 Å². The lowest BCUT2D eigenvalue weighted by atomic mass is 10.3. The number of hydrazine groups is 1. The predicted octanol–water partition coefficient (Wildman–Crippen LogP) is -0.879. The van der Waals surface area contributed by atoms with Crippen molar-refractivity contribution in [1.82, 2.24) is 4.83 Å². The van der Waals surface area contributed by atoms with Gasteiger partial charge in [-0.15, -0.1) is 0 Å². The molecule has 13 heavy (non-hydrogen) atoms. The normalized spacial score (nSPS) is 13.8. The fraction of sp³-hybridized carbons (Fsp3) is 0.833. The van der Waals surface area contributed by atoms with Crippen molar-refractivity contribution in [2.75, 3.05) is 6.61 Å². The summed E-state index contributed by atoms with van der Waals surface area (Å²) in [6, 6.07) is 0. The quantitative estimate of drug-likeness (QED) is 0.349. The molecule has 7 heteroatoms. The summed E-state index contributed by atoms with van der Waals surface area (Å²) in [7, 11) is -3.78. The van der Waals surface area contributed by atoms with Gasteiger partial charge in [-0.3, -0.25) is 10.6 Å². The van der Waals surface area contributed by atoms with Gasteiger partial charge in [-0.05, 0) is 13.3 Å². The molecule has 0 aliphatic rings. The maximum Gasteiger partial charge on any atom is 0.325 e. The first kappa shape index (κ1) is 12.3. The number of nitrogens with two attached hydrogens (primary N) is 1. The smallest absolute Gasteiger partial charge is 0.325 e. The Morgan fingerprint density at radius 2 is 2.08 bits per heavy atom. The summed E-state index contributed by atoms with van der Waals surface area (Å²) in [6.45, 7) is 3.32. The highest BCUT2D eigenvalue weighted by Crippen LogP contribution is 2.05. The molecule has 0 aromatic heterocycles. The highest BCUT2D eigenvalue weighted by atomic mass is 32.2. The molecule has 0 heterocycles. The maximum atomic E-state index is 11.1. The van der Waals surface area contributed by atoms with Crippen molar-refractivity contribution in [2.24, 2.45) is 5.84 Å². The number of rotatable bonds is 5. The largest absolute Gasteiger partial charge is 0.465 e. The fourth-order valence-electron chi connectivity index (χ4n) is 0.830. The first-order valence-corrected chi connectivity index (χ1v) is 5.42. The van der Waals surface area contributed by atoms with Crippen LogP contribution in [0.25, 0.3) is 0 Å². The minimum Gasteiger partial charge on any atom is -0.465 e.